The fourth-order valence-corrected chi connectivity index (χ4v) is 3.99. The van der Waals surface area contributed by atoms with Gasteiger partial charge in [-0.3, -0.25) is 30.0 Å². The minimum atomic E-state index is -0.829. The number of nitrogens with one attached hydrogen (secondary N) is 3. The first-order valence-corrected chi connectivity index (χ1v) is 10.4. The lowest BCUT2D eigenvalue weighted by Crippen LogP contribution is -2.44. The first kappa shape index (κ1) is 22.5. The van der Waals surface area contributed by atoms with E-state index in [2.05, 4.69) is 16.2 Å². The number of esters is 1. The van der Waals surface area contributed by atoms with Crippen molar-refractivity contribution < 1.29 is 23.9 Å². The molecule has 0 bridgehead atoms. The third-order valence-electron chi connectivity index (χ3n) is 3.92. The highest BCUT2D eigenvalue weighted by atomic mass is 35.5. The Kier molecular flexibility index (Phi) is 7.45. The van der Waals surface area contributed by atoms with E-state index in [1.165, 1.54) is 35.6 Å². The Bertz CT molecular complexity index is 1150. The van der Waals surface area contributed by atoms with Gasteiger partial charge in [-0.2, -0.15) is 0 Å². The molecule has 0 aliphatic carbocycles. The fourth-order valence-electron chi connectivity index (χ4n) is 2.43. The smallest absolute Gasteiger partial charge is 0.325 e. The van der Waals surface area contributed by atoms with E-state index < -0.39 is 36.8 Å². The number of rotatable bonds is 6. The van der Waals surface area contributed by atoms with E-state index in [-0.39, 0.29) is 10.4 Å². The van der Waals surface area contributed by atoms with Gasteiger partial charge in [-0.1, -0.05) is 41.4 Å². The van der Waals surface area contributed by atoms with Gasteiger partial charge in [0, 0.05) is 20.7 Å². The van der Waals surface area contributed by atoms with Crippen LogP contribution in [0.5, 0.6) is 0 Å². The number of hydrogen-bond donors (Lipinski definition) is 3. The van der Waals surface area contributed by atoms with Crippen LogP contribution in [0.4, 0.5) is 0 Å². The zero-order valence-corrected chi connectivity index (χ0v) is 18.1. The molecular weight excluding hydrogens is 465 g/mol. The van der Waals surface area contributed by atoms with Crippen LogP contribution in [0.15, 0.2) is 48.5 Å². The number of carbonyl (C=O) groups is 4. The Morgan fingerprint density at radius 2 is 1.61 bits per heavy atom. The van der Waals surface area contributed by atoms with Gasteiger partial charge in [-0.25, -0.2) is 0 Å². The van der Waals surface area contributed by atoms with Crippen molar-refractivity contribution in [3.63, 3.8) is 0 Å². The normalized spacial score (nSPS) is 10.4. The largest absolute Gasteiger partial charge is 0.454 e. The molecule has 0 spiro atoms. The average molecular weight is 480 g/mol. The lowest BCUT2D eigenvalue weighted by atomic mass is 10.2. The third kappa shape index (κ3) is 5.94. The molecule has 3 rings (SSSR count). The zero-order chi connectivity index (χ0) is 22.4. The molecule has 8 nitrogen and oxygen atoms in total. The van der Waals surface area contributed by atoms with Gasteiger partial charge in [0.25, 0.3) is 17.7 Å². The highest BCUT2D eigenvalue weighted by molar-refractivity contribution is 7.21. The summed E-state index contributed by atoms with van der Waals surface area (Å²) >= 11 is 13.2. The number of thiophene rings is 1. The summed E-state index contributed by atoms with van der Waals surface area (Å²) in [6.45, 7) is -1.09. The van der Waals surface area contributed by atoms with Gasteiger partial charge in [0.2, 0.25) is 0 Å². The molecule has 2 aromatic carbocycles. The molecule has 0 aliphatic rings. The van der Waals surface area contributed by atoms with E-state index in [9.17, 15) is 19.2 Å². The van der Waals surface area contributed by atoms with Crippen molar-refractivity contribution in [2.75, 3.05) is 13.2 Å². The molecule has 0 unspecified atom stereocenters. The quantitative estimate of drug-likeness (QED) is 0.371. The summed E-state index contributed by atoms with van der Waals surface area (Å²) in [4.78, 5) is 47.9. The van der Waals surface area contributed by atoms with Crippen LogP contribution in [-0.2, 0) is 14.3 Å². The molecule has 3 aromatic rings. The van der Waals surface area contributed by atoms with Gasteiger partial charge in [0.05, 0.1) is 5.02 Å². The molecule has 0 saturated carbocycles. The molecule has 1 heterocycles. The molecule has 31 heavy (non-hydrogen) atoms. The van der Waals surface area contributed by atoms with E-state index in [0.717, 1.165) is 10.1 Å². The van der Waals surface area contributed by atoms with E-state index in [1.54, 1.807) is 6.07 Å². The summed E-state index contributed by atoms with van der Waals surface area (Å²) in [5, 5.41) is 3.92. The molecule has 0 saturated heterocycles. The molecule has 0 aliphatic heterocycles. The Labute approximate surface area is 190 Å². The van der Waals surface area contributed by atoms with Gasteiger partial charge in [0.15, 0.2) is 6.61 Å². The molecular formula is C20H15Cl2N3O5S. The van der Waals surface area contributed by atoms with Crippen molar-refractivity contribution in [2.24, 2.45) is 0 Å². The van der Waals surface area contributed by atoms with Gasteiger partial charge in [-0.15, -0.1) is 11.3 Å². The Hall–Kier alpha value is -3.14. The van der Waals surface area contributed by atoms with E-state index in [4.69, 9.17) is 27.9 Å². The van der Waals surface area contributed by atoms with E-state index in [0.29, 0.717) is 10.0 Å². The predicted molar refractivity (Wildman–Crippen MR) is 117 cm³/mol. The molecule has 0 radical (unpaired) electrons. The first-order valence-electron chi connectivity index (χ1n) is 8.80. The van der Waals surface area contributed by atoms with Crippen LogP contribution in [0.1, 0.15) is 20.0 Å². The summed E-state index contributed by atoms with van der Waals surface area (Å²) in [6.07, 6.45) is 0. The van der Waals surface area contributed by atoms with Crippen LogP contribution >= 0.6 is 34.5 Å². The summed E-state index contributed by atoms with van der Waals surface area (Å²) in [7, 11) is 0. The number of ether oxygens (including phenoxy) is 1. The summed E-state index contributed by atoms with van der Waals surface area (Å²) < 4.78 is 5.61. The van der Waals surface area contributed by atoms with Gasteiger partial charge in [-0.05, 0) is 30.3 Å². The minimum absolute atomic E-state index is 0.276. The summed E-state index contributed by atoms with van der Waals surface area (Å²) in [5.74, 6) is -2.68. The van der Waals surface area contributed by atoms with Crippen molar-refractivity contribution in [3.8, 4) is 0 Å². The molecule has 0 fully saturated rings. The van der Waals surface area contributed by atoms with Crippen molar-refractivity contribution in [1.82, 2.24) is 16.2 Å². The fraction of sp³-hybridized carbons (Fsp3) is 0.100. The minimum Gasteiger partial charge on any atom is -0.454 e. The van der Waals surface area contributed by atoms with Crippen LogP contribution in [0.2, 0.25) is 10.0 Å². The Morgan fingerprint density at radius 3 is 2.32 bits per heavy atom. The molecule has 11 heteroatoms. The van der Waals surface area contributed by atoms with Gasteiger partial charge < -0.3 is 10.1 Å². The highest BCUT2D eigenvalue weighted by Crippen LogP contribution is 2.34. The monoisotopic (exact) mass is 479 g/mol. The SMILES string of the molecule is O=C(COC(=O)CNC(=O)c1sc2ccccc2c1Cl)NNC(=O)c1ccc(Cl)cc1. The number of fused-ring (bicyclic) bond motifs is 1. The number of benzene rings is 2. The molecule has 0 atom stereocenters. The van der Waals surface area contributed by atoms with Crippen molar-refractivity contribution >= 4 is 68.3 Å². The van der Waals surface area contributed by atoms with Crippen LogP contribution in [0.3, 0.4) is 0 Å². The Balaban J connectivity index is 1.40. The van der Waals surface area contributed by atoms with Crippen LogP contribution in [0.25, 0.3) is 10.1 Å². The number of hydrazine groups is 1. The van der Waals surface area contributed by atoms with Gasteiger partial charge >= 0.3 is 5.97 Å². The van der Waals surface area contributed by atoms with E-state index in [1.807, 2.05) is 18.2 Å². The van der Waals surface area contributed by atoms with Gasteiger partial charge in [0.1, 0.15) is 11.4 Å². The van der Waals surface area contributed by atoms with Crippen LogP contribution in [-0.4, -0.2) is 36.8 Å². The van der Waals surface area contributed by atoms with Crippen LogP contribution < -0.4 is 16.2 Å². The maximum Gasteiger partial charge on any atom is 0.325 e. The summed E-state index contributed by atoms with van der Waals surface area (Å²) in [5.41, 5.74) is 4.57. The topological polar surface area (TPSA) is 114 Å². The number of carbonyl (C=O) groups excluding carboxylic acids is 4. The van der Waals surface area contributed by atoms with Crippen molar-refractivity contribution in [1.29, 1.82) is 0 Å². The molecule has 3 N–H and O–H groups in total. The van der Waals surface area contributed by atoms with E-state index >= 15 is 0 Å². The van der Waals surface area contributed by atoms with Crippen molar-refractivity contribution in [2.45, 2.75) is 0 Å². The average Bonchev–Trinajstić information content (AvgIpc) is 3.11. The second-order valence-electron chi connectivity index (χ2n) is 6.09. The van der Waals surface area contributed by atoms with Crippen molar-refractivity contribution in [3.05, 3.63) is 69.0 Å². The number of halogens is 2. The predicted octanol–water partition coefficient (Wildman–Crippen LogP) is 2.94. The second-order valence-corrected chi connectivity index (χ2v) is 7.96. The lowest BCUT2D eigenvalue weighted by Gasteiger charge is -2.08. The maximum absolute atomic E-state index is 12.3. The third-order valence-corrected chi connectivity index (χ3v) is 5.85. The number of amides is 3. The molecule has 1 aromatic heterocycles. The maximum atomic E-state index is 12.3. The zero-order valence-electron chi connectivity index (χ0n) is 15.7. The summed E-state index contributed by atoms with van der Waals surface area (Å²) in [6, 6.07) is 13.3. The van der Waals surface area contributed by atoms with Crippen LogP contribution in [0, 0.1) is 0 Å². The Morgan fingerprint density at radius 1 is 0.903 bits per heavy atom. The molecule has 3 amide bonds. The lowest BCUT2D eigenvalue weighted by molar-refractivity contribution is -0.147. The number of hydrogen-bond acceptors (Lipinski definition) is 6. The standard InChI is InChI=1S/C20H15Cl2N3O5S/c21-12-7-5-11(6-8-12)19(28)25-24-15(26)10-30-16(27)9-23-20(29)18-17(22)13-3-1-2-4-14(13)31-18/h1-8H,9-10H2,(H,23,29)(H,24,26)(H,25,28). The second kappa shape index (κ2) is 10.3. The molecule has 160 valence electrons. The first-order chi connectivity index (χ1) is 14.8. The highest BCUT2D eigenvalue weighted by Gasteiger charge is 2.18.